The van der Waals surface area contributed by atoms with Gasteiger partial charge >= 0.3 is 0 Å². The molecule has 0 spiro atoms. The maximum Gasteiger partial charge on any atom is 0.298 e. The number of nitrogens with one attached hydrogen (secondary N) is 1. The first-order valence-corrected chi connectivity index (χ1v) is 11.3. The molecular weight excluding hydrogens is 431 g/mol. The molecule has 1 amide bonds. The number of hydrogen-bond donors (Lipinski definition) is 1. The number of hydrogen-bond acceptors (Lipinski definition) is 7. The van der Waals surface area contributed by atoms with Gasteiger partial charge in [0.05, 0.1) is 13.2 Å². The predicted molar refractivity (Wildman–Crippen MR) is 120 cm³/mol. The summed E-state index contributed by atoms with van der Waals surface area (Å²) in [5, 5.41) is 3.36. The fourth-order valence-electron chi connectivity index (χ4n) is 3.34. The Morgan fingerprint density at radius 1 is 1.22 bits per heavy atom. The van der Waals surface area contributed by atoms with Gasteiger partial charge in [-0.25, -0.2) is 4.39 Å². The summed E-state index contributed by atoms with van der Waals surface area (Å²) in [5.41, 5.74) is 2.34. The van der Waals surface area contributed by atoms with Crippen molar-refractivity contribution < 1.29 is 18.7 Å². The molecule has 0 atom stereocenters. The molecule has 0 radical (unpaired) electrons. The summed E-state index contributed by atoms with van der Waals surface area (Å²) < 4.78 is 28.6. The van der Waals surface area contributed by atoms with Crippen molar-refractivity contribution in [3.05, 3.63) is 70.8 Å². The van der Waals surface area contributed by atoms with E-state index in [2.05, 4.69) is 19.6 Å². The molecule has 2 heterocycles. The first kappa shape index (κ1) is 22.3. The highest BCUT2D eigenvalue weighted by molar-refractivity contribution is 7.07. The summed E-state index contributed by atoms with van der Waals surface area (Å²) in [6.07, 6.45) is 0.491. The highest BCUT2D eigenvalue weighted by Crippen LogP contribution is 2.28. The molecule has 1 fully saturated rings. The molecule has 1 aliphatic heterocycles. The molecule has 32 heavy (non-hydrogen) atoms. The van der Waals surface area contributed by atoms with Crippen LogP contribution in [0.5, 0.6) is 10.9 Å². The van der Waals surface area contributed by atoms with Crippen LogP contribution in [-0.4, -0.2) is 59.6 Å². The van der Waals surface area contributed by atoms with Crippen LogP contribution in [0.3, 0.4) is 0 Å². The molecule has 0 unspecified atom stereocenters. The van der Waals surface area contributed by atoms with E-state index >= 15 is 0 Å². The van der Waals surface area contributed by atoms with E-state index in [4.69, 9.17) is 9.47 Å². The number of halogens is 1. The number of nitrogens with zero attached hydrogens (tertiary/aromatic N) is 3. The van der Waals surface area contributed by atoms with Gasteiger partial charge in [0.25, 0.3) is 11.1 Å². The third-order valence-electron chi connectivity index (χ3n) is 5.19. The molecular formula is C23H25FN4O3S. The maximum absolute atomic E-state index is 13.1. The van der Waals surface area contributed by atoms with E-state index in [0.29, 0.717) is 35.3 Å². The Hall–Kier alpha value is -2.88. The average molecular weight is 457 g/mol. The van der Waals surface area contributed by atoms with E-state index in [-0.39, 0.29) is 11.7 Å². The number of rotatable bonds is 8. The fourth-order valence-corrected chi connectivity index (χ4v) is 3.90. The first-order chi connectivity index (χ1) is 15.6. The molecule has 0 bridgehead atoms. The monoisotopic (exact) mass is 456 g/mol. The minimum atomic E-state index is -0.274. The van der Waals surface area contributed by atoms with Gasteiger partial charge in [0.15, 0.2) is 5.82 Å². The Bertz CT molecular complexity index is 1050. The van der Waals surface area contributed by atoms with Crippen molar-refractivity contribution in [3.63, 3.8) is 0 Å². The summed E-state index contributed by atoms with van der Waals surface area (Å²) in [4.78, 5) is 19.3. The molecule has 1 aromatic heterocycles. The predicted octanol–water partition coefficient (Wildman–Crippen LogP) is 3.43. The Morgan fingerprint density at radius 3 is 2.78 bits per heavy atom. The van der Waals surface area contributed by atoms with Crippen molar-refractivity contribution in [1.29, 1.82) is 0 Å². The zero-order valence-corrected chi connectivity index (χ0v) is 18.7. The molecule has 1 aliphatic rings. The van der Waals surface area contributed by atoms with Crippen LogP contribution in [0.1, 0.15) is 27.3 Å². The van der Waals surface area contributed by atoms with Crippen molar-refractivity contribution in [3.8, 4) is 10.9 Å². The molecule has 168 valence electrons. The lowest BCUT2D eigenvalue weighted by Gasteiger charge is -2.26. The lowest BCUT2D eigenvalue weighted by molar-refractivity contribution is 0.0383. The van der Waals surface area contributed by atoms with Gasteiger partial charge in [-0.15, -0.1) is 0 Å². The van der Waals surface area contributed by atoms with Gasteiger partial charge in [0, 0.05) is 49.7 Å². The highest BCUT2D eigenvalue weighted by atomic mass is 32.1. The third-order valence-corrected chi connectivity index (χ3v) is 5.82. The normalized spacial score (nSPS) is 14.3. The van der Waals surface area contributed by atoms with E-state index in [1.54, 1.807) is 24.3 Å². The van der Waals surface area contributed by atoms with Gasteiger partial charge in [0.2, 0.25) is 0 Å². The van der Waals surface area contributed by atoms with E-state index in [9.17, 15) is 9.18 Å². The van der Waals surface area contributed by atoms with Crippen LogP contribution in [0, 0.1) is 12.7 Å². The SMILES string of the molecule is Cc1ccc(C(=O)NCCN2CCOCC2)cc1Oc1nc(Cc2ccc(F)cc2)ns1. The molecule has 0 saturated carbocycles. The smallest absolute Gasteiger partial charge is 0.298 e. The highest BCUT2D eigenvalue weighted by Gasteiger charge is 2.14. The van der Waals surface area contributed by atoms with Gasteiger partial charge in [-0.2, -0.15) is 9.36 Å². The van der Waals surface area contributed by atoms with Crippen molar-refractivity contribution in [2.45, 2.75) is 13.3 Å². The van der Waals surface area contributed by atoms with Crippen molar-refractivity contribution in [1.82, 2.24) is 19.6 Å². The van der Waals surface area contributed by atoms with Gasteiger partial charge in [-0.05, 0) is 42.3 Å². The molecule has 1 N–H and O–H groups in total. The summed E-state index contributed by atoms with van der Waals surface area (Å²) in [6.45, 7) is 6.55. The minimum Gasteiger partial charge on any atom is -0.430 e. The van der Waals surface area contributed by atoms with Crippen LogP contribution < -0.4 is 10.1 Å². The lowest BCUT2D eigenvalue weighted by Crippen LogP contribution is -2.41. The summed E-state index contributed by atoms with van der Waals surface area (Å²) >= 11 is 1.15. The molecule has 2 aromatic carbocycles. The number of carbonyl (C=O) groups excluding carboxylic acids is 1. The second-order valence-corrected chi connectivity index (χ2v) is 8.29. The number of carbonyl (C=O) groups is 1. The maximum atomic E-state index is 13.1. The standard InChI is InChI=1S/C23H25FN4O3S/c1-16-2-5-18(22(29)25-8-9-28-10-12-30-13-11-28)15-20(16)31-23-26-21(27-32-23)14-17-3-6-19(24)7-4-17/h2-7,15H,8-14H2,1H3,(H,25,29). The molecule has 0 aliphatic carbocycles. The van der Waals surface area contributed by atoms with Gasteiger partial charge in [0.1, 0.15) is 11.6 Å². The Labute approximate surface area is 190 Å². The Morgan fingerprint density at radius 2 is 2.00 bits per heavy atom. The quantitative estimate of drug-likeness (QED) is 0.560. The van der Waals surface area contributed by atoms with Crippen LogP contribution in [0.4, 0.5) is 4.39 Å². The number of aryl methyl sites for hydroxylation is 1. The number of morpholine rings is 1. The number of ether oxygens (including phenoxy) is 2. The topological polar surface area (TPSA) is 76.6 Å². The van der Waals surface area contributed by atoms with Crippen LogP contribution in [0.2, 0.25) is 0 Å². The van der Waals surface area contributed by atoms with E-state index in [0.717, 1.165) is 55.5 Å². The largest absolute Gasteiger partial charge is 0.430 e. The first-order valence-electron chi connectivity index (χ1n) is 10.5. The Balaban J connectivity index is 1.34. The summed E-state index contributed by atoms with van der Waals surface area (Å²) in [5.74, 6) is 0.753. The minimum absolute atomic E-state index is 0.141. The van der Waals surface area contributed by atoms with Gasteiger partial charge in [-0.3, -0.25) is 9.69 Å². The number of aromatic nitrogens is 2. The summed E-state index contributed by atoms with van der Waals surface area (Å²) in [7, 11) is 0. The second kappa shape index (κ2) is 10.6. The van der Waals surface area contributed by atoms with Crippen molar-refractivity contribution in [2.24, 2.45) is 0 Å². The Kier molecular flexibility index (Phi) is 7.41. The zero-order chi connectivity index (χ0) is 22.3. The molecule has 3 aromatic rings. The van der Waals surface area contributed by atoms with Crippen LogP contribution in [0.25, 0.3) is 0 Å². The number of amides is 1. The lowest BCUT2D eigenvalue weighted by atomic mass is 10.1. The average Bonchev–Trinajstić information content (AvgIpc) is 3.24. The molecule has 9 heteroatoms. The van der Waals surface area contributed by atoms with Crippen LogP contribution in [-0.2, 0) is 11.2 Å². The van der Waals surface area contributed by atoms with Gasteiger partial charge in [-0.1, -0.05) is 18.2 Å². The molecule has 4 rings (SSSR count). The van der Waals surface area contributed by atoms with Crippen molar-refractivity contribution in [2.75, 3.05) is 39.4 Å². The summed E-state index contributed by atoms with van der Waals surface area (Å²) in [6, 6.07) is 11.6. The van der Waals surface area contributed by atoms with E-state index in [1.807, 2.05) is 13.0 Å². The van der Waals surface area contributed by atoms with E-state index in [1.165, 1.54) is 12.1 Å². The second-order valence-electron chi connectivity index (χ2n) is 7.57. The number of benzene rings is 2. The zero-order valence-electron chi connectivity index (χ0n) is 17.8. The van der Waals surface area contributed by atoms with Crippen LogP contribution in [0.15, 0.2) is 42.5 Å². The van der Waals surface area contributed by atoms with Gasteiger partial charge < -0.3 is 14.8 Å². The third kappa shape index (κ3) is 6.09. The van der Waals surface area contributed by atoms with E-state index < -0.39 is 0 Å². The molecule has 1 saturated heterocycles. The molecule has 7 nitrogen and oxygen atoms in total. The van der Waals surface area contributed by atoms with Crippen molar-refractivity contribution >= 4 is 17.4 Å². The van der Waals surface area contributed by atoms with Crippen LogP contribution >= 0.6 is 11.5 Å². The fraction of sp³-hybridized carbons (Fsp3) is 0.348.